The number of likely N-dealkylation sites (N-methyl/N-ethyl adjacent to an activating group) is 1. The average molecular weight is 269 g/mol. The van der Waals surface area contributed by atoms with Gasteiger partial charge in [-0.25, -0.2) is 8.42 Å². The lowest BCUT2D eigenvalue weighted by Gasteiger charge is -2.30. The lowest BCUT2D eigenvalue weighted by atomic mass is 10.1. The number of ether oxygens (including phenoxy) is 1. The highest BCUT2D eigenvalue weighted by atomic mass is 32.2. The molecule has 0 bridgehead atoms. The van der Waals surface area contributed by atoms with E-state index in [1.165, 1.54) is 4.31 Å². The number of hydrogen-bond acceptors (Lipinski definition) is 3. The average Bonchev–Trinajstić information content (AvgIpc) is 2.39. The van der Waals surface area contributed by atoms with Crippen molar-refractivity contribution in [1.82, 2.24) is 4.31 Å². The Kier molecular flexibility index (Phi) is 4.04. The van der Waals surface area contributed by atoms with Gasteiger partial charge in [0.15, 0.2) is 0 Å². The van der Waals surface area contributed by atoms with Crippen molar-refractivity contribution in [2.24, 2.45) is 0 Å². The van der Waals surface area contributed by atoms with Gasteiger partial charge < -0.3 is 4.74 Å². The van der Waals surface area contributed by atoms with Gasteiger partial charge in [0.05, 0.1) is 11.5 Å². The summed E-state index contributed by atoms with van der Waals surface area (Å²) in [5, 5.41) is 0. The maximum atomic E-state index is 12.4. The number of aryl methyl sites for hydroxylation is 1. The quantitative estimate of drug-likeness (QED) is 0.840. The summed E-state index contributed by atoms with van der Waals surface area (Å²) in [5.41, 5.74) is 1.05. The SMILES string of the molecule is Cc1ccc(S(=O)(=O)N(C)[C@H]2CCCOC2)cc1. The van der Waals surface area contributed by atoms with Crippen LogP contribution in [0.3, 0.4) is 0 Å². The summed E-state index contributed by atoms with van der Waals surface area (Å²) in [5.74, 6) is 0. The van der Waals surface area contributed by atoms with Gasteiger partial charge in [-0.3, -0.25) is 0 Å². The van der Waals surface area contributed by atoms with Crippen molar-refractivity contribution in [2.75, 3.05) is 20.3 Å². The third kappa shape index (κ3) is 2.74. The molecule has 18 heavy (non-hydrogen) atoms. The minimum Gasteiger partial charge on any atom is -0.380 e. The van der Waals surface area contributed by atoms with E-state index in [4.69, 9.17) is 4.74 Å². The van der Waals surface area contributed by atoms with E-state index in [-0.39, 0.29) is 6.04 Å². The van der Waals surface area contributed by atoms with Crippen molar-refractivity contribution >= 4 is 10.0 Å². The van der Waals surface area contributed by atoms with E-state index in [1.54, 1.807) is 19.2 Å². The number of hydrogen-bond donors (Lipinski definition) is 0. The van der Waals surface area contributed by atoms with Gasteiger partial charge in [0.1, 0.15) is 0 Å². The predicted molar refractivity (Wildman–Crippen MR) is 70.0 cm³/mol. The van der Waals surface area contributed by atoms with Crippen LogP contribution in [0.4, 0.5) is 0 Å². The van der Waals surface area contributed by atoms with Gasteiger partial charge >= 0.3 is 0 Å². The first-order valence-corrected chi connectivity index (χ1v) is 7.58. The summed E-state index contributed by atoms with van der Waals surface area (Å²) in [6.45, 7) is 3.16. The Labute approximate surface area is 109 Å². The Morgan fingerprint density at radius 3 is 2.50 bits per heavy atom. The molecule has 0 aliphatic carbocycles. The van der Waals surface area contributed by atoms with Crippen LogP contribution in [-0.2, 0) is 14.8 Å². The Morgan fingerprint density at radius 1 is 1.28 bits per heavy atom. The molecule has 1 aromatic rings. The van der Waals surface area contributed by atoms with Crippen LogP contribution >= 0.6 is 0 Å². The summed E-state index contributed by atoms with van der Waals surface area (Å²) in [4.78, 5) is 0.348. The molecule has 1 aliphatic heterocycles. The fraction of sp³-hybridized carbons (Fsp3) is 0.538. The zero-order valence-electron chi connectivity index (χ0n) is 10.8. The molecule has 1 aromatic carbocycles. The fourth-order valence-corrected chi connectivity index (χ4v) is 3.45. The first-order valence-electron chi connectivity index (χ1n) is 6.14. The van der Waals surface area contributed by atoms with Crippen LogP contribution in [0.15, 0.2) is 29.2 Å². The molecule has 5 heteroatoms. The smallest absolute Gasteiger partial charge is 0.243 e. The van der Waals surface area contributed by atoms with E-state index in [1.807, 2.05) is 19.1 Å². The third-order valence-corrected chi connectivity index (χ3v) is 5.27. The lowest BCUT2D eigenvalue weighted by molar-refractivity contribution is 0.0512. The van der Waals surface area contributed by atoms with E-state index >= 15 is 0 Å². The second-order valence-corrected chi connectivity index (χ2v) is 6.70. The summed E-state index contributed by atoms with van der Waals surface area (Å²) < 4.78 is 31.6. The monoisotopic (exact) mass is 269 g/mol. The molecule has 2 rings (SSSR count). The van der Waals surface area contributed by atoms with Gasteiger partial charge in [-0.2, -0.15) is 4.31 Å². The second-order valence-electron chi connectivity index (χ2n) is 4.71. The van der Waals surface area contributed by atoms with Gasteiger partial charge in [-0.15, -0.1) is 0 Å². The van der Waals surface area contributed by atoms with Gasteiger partial charge in [0.2, 0.25) is 10.0 Å². The van der Waals surface area contributed by atoms with E-state index < -0.39 is 10.0 Å². The number of rotatable bonds is 3. The molecule has 1 fully saturated rings. The van der Waals surface area contributed by atoms with Crippen molar-refractivity contribution in [2.45, 2.75) is 30.7 Å². The van der Waals surface area contributed by atoms with Crippen molar-refractivity contribution in [3.63, 3.8) is 0 Å². The molecule has 1 aliphatic rings. The predicted octanol–water partition coefficient (Wildman–Crippen LogP) is 1.79. The molecule has 1 atom stereocenters. The minimum absolute atomic E-state index is 0.0509. The van der Waals surface area contributed by atoms with Crippen LogP contribution in [0.5, 0.6) is 0 Å². The zero-order valence-corrected chi connectivity index (χ0v) is 11.6. The van der Waals surface area contributed by atoms with E-state index in [0.717, 1.165) is 25.0 Å². The molecule has 4 nitrogen and oxygen atoms in total. The molecular weight excluding hydrogens is 250 g/mol. The standard InChI is InChI=1S/C13H19NO3S/c1-11-5-7-13(8-6-11)18(15,16)14(2)12-4-3-9-17-10-12/h5-8,12H,3-4,9-10H2,1-2H3/t12-/m0/s1. The third-order valence-electron chi connectivity index (χ3n) is 3.35. The Bertz CT molecular complexity index is 489. The van der Waals surface area contributed by atoms with Crippen molar-refractivity contribution in [3.8, 4) is 0 Å². The molecule has 100 valence electrons. The normalized spacial score (nSPS) is 21.2. The van der Waals surface area contributed by atoms with Gasteiger partial charge in [-0.05, 0) is 31.9 Å². The van der Waals surface area contributed by atoms with Gasteiger partial charge in [-0.1, -0.05) is 17.7 Å². The zero-order chi connectivity index (χ0) is 13.2. The van der Waals surface area contributed by atoms with Crippen LogP contribution < -0.4 is 0 Å². The van der Waals surface area contributed by atoms with Gasteiger partial charge in [0.25, 0.3) is 0 Å². The topological polar surface area (TPSA) is 46.6 Å². The van der Waals surface area contributed by atoms with Crippen LogP contribution in [0.2, 0.25) is 0 Å². The molecule has 0 N–H and O–H groups in total. The first kappa shape index (κ1) is 13.5. The Balaban J connectivity index is 2.21. The minimum atomic E-state index is -3.40. The molecule has 1 saturated heterocycles. The highest BCUT2D eigenvalue weighted by Gasteiger charge is 2.29. The van der Waals surface area contributed by atoms with Gasteiger partial charge in [0, 0.05) is 19.7 Å². The largest absolute Gasteiger partial charge is 0.380 e. The van der Waals surface area contributed by atoms with Crippen LogP contribution in [0.1, 0.15) is 18.4 Å². The molecule has 0 spiro atoms. The number of nitrogens with zero attached hydrogens (tertiary/aromatic N) is 1. The van der Waals surface area contributed by atoms with Crippen molar-refractivity contribution in [1.29, 1.82) is 0 Å². The summed E-state index contributed by atoms with van der Waals surface area (Å²) >= 11 is 0. The maximum Gasteiger partial charge on any atom is 0.243 e. The van der Waals surface area contributed by atoms with Crippen LogP contribution in [0.25, 0.3) is 0 Å². The number of sulfonamides is 1. The molecule has 0 amide bonds. The molecule has 0 saturated carbocycles. The summed E-state index contributed by atoms with van der Waals surface area (Å²) in [7, 11) is -1.77. The molecule has 0 aromatic heterocycles. The molecule has 0 radical (unpaired) electrons. The van der Waals surface area contributed by atoms with Crippen molar-refractivity contribution < 1.29 is 13.2 Å². The molecule has 0 unspecified atom stereocenters. The Morgan fingerprint density at radius 2 is 1.94 bits per heavy atom. The van der Waals surface area contributed by atoms with Crippen molar-refractivity contribution in [3.05, 3.63) is 29.8 Å². The first-order chi connectivity index (χ1) is 8.51. The Hall–Kier alpha value is -0.910. The van der Waals surface area contributed by atoms with E-state index in [0.29, 0.717) is 11.5 Å². The molecule has 1 heterocycles. The van der Waals surface area contributed by atoms with Crippen LogP contribution in [0, 0.1) is 6.92 Å². The van der Waals surface area contributed by atoms with E-state index in [9.17, 15) is 8.42 Å². The fourth-order valence-electron chi connectivity index (χ4n) is 2.08. The summed E-state index contributed by atoms with van der Waals surface area (Å²) in [6, 6.07) is 6.90. The highest BCUT2D eigenvalue weighted by Crippen LogP contribution is 2.21. The van der Waals surface area contributed by atoms with E-state index in [2.05, 4.69) is 0 Å². The lowest BCUT2D eigenvalue weighted by Crippen LogP contribution is -2.42. The molecular formula is C13H19NO3S. The number of benzene rings is 1. The highest BCUT2D eigenvalue weighted by molar-refractivity contribution is 7.89. The van der Waals surface area contributed by atoms with Crippen LogP contribution in [-0.4, -0.2) is 39.0 Å². The maximum absolute atomic E-state index is 12.4. The summed E-state index contributed by atoms with van der Waals surface area (Å²) in [6.07, 6.45) is 1.78. The second kappa shape index (κ2) is 5.38.